The third-order valence-electron chi connectivity index (χ3n) is 6.44. The molecule has 138 valence electrons. The number of hydrogen-bond acceptors (Lipinski definition) is 3. The van der Waals surface area contributed by atoms with Crippen molar-refractivity contribution in [1.29, 1.82) is 0 Å². The van der Waals surface area contributed by atoms with E-state index in [9.17, 15) is 4.79 Å². The van der Waals surface area contributed by atoms with Crippen molar-refractivity contribution >= 4 is 16.7 Å². The molecule has 4 heteroatoms. The Hall–Kier alpha value is -2.07. The number of piperidine rings is 1. The van der Waals surface area contributed by atoms with Crippen LogP contribution in [0.2, 0.25) is 0 Å². The largest absolute Gasteiger partial charge is 0.496 e. The molecule has 0 radical (unpaired) electrons. The molecule has 0 spiro atoms. The first-order valence-corrected chi connectivity index (χ1v) is 9.55. The van der Waals surface area contributed by atoms with Gasteiger partial charge in [0.05, 0.1) is 7.11 Å². The number of methoxy groups -OCH3 is 1. The SMILES string of the molecule is COc1ccc2ccccc2c1CN(C)[C@@H]1C[C@@H]2CC(=O)N(C)C[C@@H]2C1. The van der Waals surface area contributed by atoms with Crippen molar-refractivity contribution in [2.75, 3.05) is 27.7 Å². The zero-order valence-electron chi connectivity index (χ0n) is 15.9. The highest BCUT2D eigenvalue weighted by atomic mass is 16.5. The summed E-state index contributed by atoms with van der Waals surface area (Å²) in [4.78, 5) is 16.4. The summed E-state index contributed by atoms with van der Waals surface area (Å²) in [6.07, 6.45) is 3.04. The molecule has 1 heterocycles. The number of amides is 1. The van der Waals surface area contributed by atoms with Gasteiger partial charge in [0.1, 0.15) is 5.75 Å². The molecule has 0 aromatic heterocycles. The quantitative estimate of drug-likeness (QED) is 0.844. The van der Waals surface area contributed by atoms with Gasteiger partial charge in [-0.3, -0.25) is 9.69 Å². The number of rotatable bonds is 4. The van der Waals surface area contributed by atoms with E-state index in [0.29, 0.717) is 23.8 Å². The summed E-state index contributed by atoms with van der Waals surface area (Å²) >= 11 is 0. The lowest BCUT2D eigenvalue weighted by Gasteiger charge is -2.31. The third kappa shape index (κ3) is 3.07. The van der Waals surface area contributed by atoms with Crippen LogP contribution < -0.4 is 4.74 Å². The second-order valence-electron chi connectivity index (χ2n) is 8.01. The maximum atomic E-state index is 12.0. The molecular weight excluding hydrogens is 324 g/mol. The van der Waals surface area contributed by atoms with E-state index >= 15 is 0 Å². The van der Waals surface area contributed by atoms with Crippen LogP contribution in [0.5, 0.6) is 5.75 Å². The molecule has 1 saturated heterocycles. The van der Waals surface area contributed by atoms with E-state index in [1.807, 2.05) is 11.9 Å². The van der Waals surface area contributed by atoms with E-state index in [1.165, 1.54) is 22.8 Å². The summed E-state index contributed by atoms with van der Waals surface area (Å²) < 4.78 is 5.66. The van der Waals surface area contributed by atoms with Crippen molar-refractivity contribution in [1.82, 2.24) is 9.80 Å². The van der Waals surface area contributed by atoms with Crippen LogP contribution in [0.15, 0.2) is 36.4 Å². The molecule has 1 aliphatic heterocycles. The van der Waals surface area contributed by atoms with Gasteiger partial charge in [-0.05, 0) is 48.6 Å². The molecule has 4 nitrogen and oxygen atoms in total. The Balaban J connectivity index is 1.55. The van der Waals surface area contributed by atoms with Crippen LogP contribution >= 0.6 is 0 Å². The molecule has 1 amide bonds. The lowest BCUT2D eigenvalue weighted by atomic mass is 9.88. The van der Waals surface area contributed by atoms with Crippen LogP contribution in [0.4, 0.5) is 0 Å². The fourth-order valence-electron chi connectivity index (χ4n) is 4.90. The van der Waals surface area contributed by atoms with Gasteiger partial charge in [-0.2, -0.15) is 0 Å². The van der Waals surface area contributed by atoms with Crippen molar-refractivity contribution in [2.45, 2.75) is 31.8 Å². The minimum Gasteiger partial charge on any atom is -0.496 e. The minimum atomic E-state index is 0.310. The molecule has 0 N–H and O–H groups in total. The Bertz CT molecular complexity index is 819. The lowest BCUT2D eigenvalue weighted by molar-refractivity contribution is -0.134. The molecular formula is C22H28N2O2. The Kier molecular flexibility index (Phi) is 4.62. The molecule has 3 atom stereocenters. The van der Waals surface area contributed by atoms with Gasteiger partial charge in [0, 0.05) is 38.2 Å². The fraction of sp³-hybridized carbons (Fsp3) is 0.500. The molecule has 2 aromatic rings. The van der Waals surface area contributed by atoms with Gasteiger partial charge in [0.15, 0.2) is 0 Å². The van der Waals surface area contributed by atoms with E-state index in [4.69, 9.17) is 4.74 Å². The smallest absolute Gasteiger partial charge is 0.222 e. The topological polar surface area (TPSA) is 32.8 Å². The maximum absolute atomic E-state index is 12.0. The van der Waals surface area contributed by atoms with Crippen molar-refractivity contribution in [3.63, 3.8) is 0 Å². The number of hydrogen-bond donors (Lipinski definition) is 0. The molecule has 26 heavy (non-hydrogen) atoms. The van der Waals surface area contributed by atoms with Gasteiger partial charge in [-0.25, -0.2) is 0 Å². The first-order chi connectivity index (χ1) is 12.6. The van der Waals surface area contributed by atoms with Gasteiger partial charge in [-0.15, -0.1) is 0 Å². The monoisotopic (exact) mass is 352 g/mol. The van der Waals surface area contributed by atoms with Crippen LogP contribution in [0.3, 0.4) is 0 Å². The van der Waals surface area contributed by atoms with Crippen molar-refractivity contribution < 1.29 is 9.53 Å². The number of carbonyl (C=O) groups excluding carboxylic acids is 1. The molecule has 2 aliphatic rings. The third-order valence-corrected chi connectivity index (χ3v) is 6.44. The van der Waals surface area contributed by atoms with Gasteiger partial charge in [-0.1, -0.05) is 30.3 Å². The number of nitrogens with zero attached hydrogens (tertiary/aromatic N) is 2. The van der Waals surface area contributed by atoms with Gasteiger partial charge in [0.2, 0.25) is 5.91 Å². The Morgan fingerprint density at radius 3 is 2.73 bits per heavy atom. The zero-order chi connectivity index (χ0) is 18.3. The number of fused-ring (bicyclic) bond motifs is 2. The van der Waals surface area contributed by atoms with Gasteiger partial charge in [0.25, 0.3) is 0 Å². The second kappa shape index (κ2) is 6.92. The Labute approximate surface area is 155 Å². The Morgan fingerprint density at radius 2 is 1.92 bits per heavy atom. The number of likely N-dealkylation sites (tertiary alicyclic amines) is 1. The fourth-order valence-corrected chi connectivity index (χ4v) is 4.90. The standard InChI is InChI=1S/C22H28N2O2/c1-23(18-10-16-12-22(25)24(2)13-17(16)11-18)14-20-19-7-5-4-6-15(19)8-9-21(20)26-3/h4-9,16-18H,10-14H2,1-3H3/t16-,17+,18-/m1/s1. The normalized spacial score (nSPS) is 25.8. The average Bonchev–Trinajstić information content (AvgIpc) is 3.05. The summed E-state index contributed by atoms with van der Waals surface area (Å²) in [7, 11) is 5.91. The van der Waals surface area contributed by atoms with E-state index < -0.39 is 0 Å². The summed E-state index contributed by atoms with van der Waals surface area (Å²) in [5.41, 5.74) is 1.26. The van der Waals surface area contributed by atoms with Crippen LogP contribution in [-0.2, 0) is 11.3 Å². The molecule has 0 bridgehead atoms. The zero-order valence-corrected chi connectivity index (χ0v) is 15.9. The van der Waals surface area contributed by atoms with E-state index in [2.05, 4.69) is 48.3 Å². The highest BCUT2D eigenvalue weighted by Crippen LogP contribution is 2.41. The molecule has 0 unspecified atom stereocenters. The predicted molar refractivity (Wildman–Crippen MR) is 104 cm³/mol. The molecule has 2 aromatic carbocycles. The van der Waals surface area contributed by atoms with Crippen LogP contribution in [0.25, 0.3) is 10.8 Å². The second-order valence-corrected chi connectivity index (χ2v) is 8.01. The molecule has 1 saturated carbocycles. The number of ether oxygens (including phenoxy) is 1. The first kappa shape index (κ1) is 17.3. The summed E-state index contributed by atoms with van der Waals surface area (Å²) in [6.45, 7) is 1.80. The molecule has 2 fully saturated rings. The first-order valence-electron chi connectivity index (χ1n) is 9.55. The van der Waals surface area contributed by atoms with Crippen molar-refractivity contribution in [3.05, 3.63) is 42.0 Å². The van der Waals surface area contributed by atoms with Crippen molar-refractivity contribution in [3.8, 4) is 5.75 Å². The summed E-state index contributed by atoms with van der Waals surface area (Å²) in [5, 5.41) is 2.52. The molecule has 4 rings (SSSR count). The minimum absolute atomic E-state index is 0.310. The summed E-state index contributed by atoms with van der Waals surface area (Å²) in [5.74, 6) is 2.48. The number of carbonyl (C=O) groups is 1. The van der Waals surface area contributed by atoms with Crippen LogP contribution in [-0.4, -0.2) is 49.5 Å². The lowest BCUT2D eigenvalue weighted by Crippen LogP contribution is -2.39. The summed E-state index contributed by atoms with van der Waals surface area (Å²) in [6, 6.07) is 13.3. The van der Waals surface area contributed by atoms with E-state index in [1.54, 1.807) is 7.11 Å². The van der Waals surface area contributed by atoms with Gasteiger partial charge >= 0.3 is 0 Å². The van der Waals surface area contributed by atoms with E-state index in [0.717, 1.165) is 31.7 Å². The van der Waals surface area contributed by atoms with E-state index in [-0.39, 0.29) is 0 Å². The van der Waals surface area contributed by atoms with Crippen molar-refractivity contribution in [2.24, 2.45) is 11.8 Å². The van der Waals surface area contributed by atoms with Gasteiger partial charge < -0.3 is 9.64 Å². The average molecular weight is 352 g/mol. The Morgan fingerprint density at radius 1 is 1.15 bits per heavy atom. The maximum Gasteiger partial charge on any atom is 0.222 e. The highest BCUT2D eigenvalue weighted by Gasteiger charge is 2.41. The predicted octanol–water partition coefficient (Wildman–Crippen LogP) is 3.54. The molecule has 1 aliphatic carbocycles. The highest BCUT2D eigenvalue weighted by molar-refractivity contribution is 5.87. The van der Waals surface area contributed by atoms with Crippen LogP contribution in [0, 0.1) is 11.8 Å². The van der Waals surface area contributed by atoms with Crippen LogP contribution in [0.1, 0.15) is 24.8 Å². The number of benzene rings is 2.